The van der Waals surface area contributed by atoms with Crippen molar-refractivity contribution in [1.29, 1.82) is 0 Å². The molecule has 0 spiro atoms. The molecule has 11 heavy (non-hydrogen) atoms. The molecular weight excluding hydrogens is 144 g/mol. The maximum atomic E-state index is 10.2. The SMILES string of the molecule is COC1CNCCN1CC=O. The molecule has 0 aliphatic carbocycles. The number of rotatable bonds is 3. The van der Waals surface area contributed by atoms with Gasteiger partial charge >= 0.3 is 0 Å². The molecule has 0 aromatic rings. The van der Waals surface area contributed by atoms with Crippen LogP contribution in [0.15, 0.2) is 0 Å². The lowest BCUT2D eigenvalue weighted by molar-refractivity contribution is -0.113. The molecule has 64 valence electrons. The van der Waals surface area contributed by atoms with E-state index in [1.54, 1.807) is 7.11 Å². The predicted octanol–water partition coefficient (Wildman–Crippen LogP) is -0.937. The average Bonchev–Trinajstić information content (AvgIpc) is 2.06. The van der Waals surface area contributed by atoms with Crippen molar-refractivity contribution in [3.8, 4) is 0 Å². The Kier molecular flexibility index (Phi) is 3.48. The zero-order chi connectivity index (χ0) is 8.10. The standard InChI is InChI=1S/C7H14N2O2/c1-11-7-6-8-2-3-9(7)4-5-10/h5,7-8H,2-4,6H2,1H3. The van der Waals surface area contributed by atoms with Crippen molar-refractivity contribution < 1.29 is 9.53 Å². The maximum absolute atomic E-state index is 10.2. The third-order valence-corrected chi connectivity index (χ3v) is 1.88. The lowest BCUT2D eigenvalue weighted by atomic mass is 10.3. The van der Waals surface area contributed by atoms with Gasteiger partial charge in [-0.3, -0.25) is 4.90 Å². The van der Waals surface area contributed by atoms with Crippen LogP contribution in [-0.4, -0.2) is 50.7 Å². The van der Waals surface area contributed by atoms with Crippen molar-refractivity contribution in [2.75, 3.05) is 33.3 Å². The second kappa shape index (κ2) is 4.43. The van der Waals surface area contributed by atoms with E-state index in [9.17, 15) is 4.79 Å². The van der Waals surface area contributed by atoms with Crippen LogP contribution >= 0.6 is 0 Å². The van der Waals surface area contributed by atoms with Crippen LogP contribution in [0.25, 0.3) is 0 Å². The summed E-state index contributed by atoms with van der Waals surface area (Å²) in [7, 11) is 1.66. The fourth-order valence-electron chi connectivity index (χ4n) is 1.26. The van der Waals surface area contributed by atoms with Gasteiger partial charge in [0.1, 0.15) is 12.5 Å². The largest absolute Gasteiger partial charge is 0.365 e. The molecule has 1 fully saturated rings. The van der Waals surface area contributed by atoms with Crippen molar-refractivity contribution in [3.63, 3.8) is 0 Å². The Hall–Kier alpha value is -0.450. The molecule has 4 nitrogen and oxygen atoms in total. The van der Waals surface area contributed by atoms with Crippen LogP contribution in [0, 0.1) is 0 Å². The first-order valence-electron chi connectivity index (χ1n) is 3.79. The molecule has 0 radical (unpaired) electrons. The smallest absolute Gasteiger partial charge is 0.134 e. The van der Waals surface area contributed by atoms with Crippen molar-refractivity contribution in [3.05, 3.63) is 0 Å². The zero-order valence-electron chi connectivity index (χ0n) is 6.75. The third-order valence-electron chi connectivity index (χ3n) is 1.88. The van der Waals surface area contributed by atoms with E-state index in [1.165, 1.54) is 0 Å². The first kappa shape index (κ1) is 8.64. The van der Waals surface area contributed by atoms with Crippen LogP contribution < -0.4 is 5.32 Å². The Morgan fingerprint density at radius 3 is 3.27 bits per heavy atom. The van der Waals surface area contributed by atoms with E-state index in [0.29, 0.717) is 6.54 Å². The number of nitrogens with one attached hydrogen (secondary N) is 1. The van der Waals surface area contributed by atoms with Gasteiger partial charge in [-0.25, -0.2) is 0 Å². The molecule has 0 aromatic carbocycles. The topological polar surface area (TPSA) is 41.6 Å². The molecule has 1 saturated heterocycles. The van der Waals surface area contributed by atoms with Gasteiger partial charge in [-0.05, 0) is 0 Å². The van der Waals surface area contributed by atoms with E-state index in [-0.39, 0.29) is 6.23 Å². The van der Waals surface area contributed by atoms with Gasteiger partial charge in [0.15, 0.2) is 0 Å². The van der Waals surface area contributed by atoms with E-state index < -0.39 is 0 Å². The molecule has 0 aromatic heterocycles. The van der Waals surface area contributed by atoms with Crippen molar-refractivity contribution in [2.24, 2.45) is 0 Å². The van der Waals surface area contributed by atoms with Crippen LogP contribution in [0.2, 0.25) is 0 Å². The lowest BCUT2D eigenvalue weighted by Crippen LogP contribution is -2.52. The summed E-state index contributed by atoms with van der Waals surface area (Å²) in [5, 5.41) is 3.19. The average molecular weight is 158 g/mol. The van der Waals surface area contributed by atoms with Crippen LogP contribution in [0.4, 0.5) is 0 Å². The number of aldehydes is 1. The van der Waals surface area contributed by atoms with Crippen molar-refractivity contribution in [1.82, 2.24) is 10.2 Å². The van der Waals surface area contributed by atoms with Crippen LogP contribution in [-0.2, 0) is 9.53 Å². The van der Waals surface area contributed by atoms with Gasteiger partial charge in [0.05, 0.1) is 6.54 Å². The minimum absolute atomic E-state index is 0.0638. The monoisotopic (exact) mass is 158 g/mol. The summed E-state index contributed by atoms with van der Waals surface area (Å²) in [6.45, 7) is 3.11. The summed E-state index contributed by atoms with van der Waals surface area (Å²) in [6.07, 6.45) is 0.978. The molecular formula is C7H14N2O2. The number of hydrogen-bond donors (Lipinski definition) is 1. The molecule has 1 rings (SSSR count). The van der Waals surface area contributed by atoms with E-state index >= 15 is 0 Å². The molecule has 0 amide bonds. The maximum Gasteiger partial charge on any atom is 0.134 e. The summed E-state index contributed by atoms with van der Waals surface area (Å²) in [6, 6.07) is 0. The van der Waals surface area contributed by atoms with Gasteiger partial charge < -0.3 is 14.8 Å². The van der Waals surface area contributed by atoms with E-state index in [2.05, 4.69) is 5.32 Å². The number of nitrogens with zero attached hydrogens (tertiary/aromatic N) is 1. The van der Waals surface area contributed by atoms with Gasteiger partial charge in [0.25, 0.3) is 0 Å². The number of piperazine rings is 1. The summed E-state index contributed by atoms with van der Waals surface area (Å²) in [5.74, 6) is 0. The molecule has 0 bridgehead atoms. The first-order chi connectivity index (χ1) is 5.38. The van der Waals surface area contributed by atoms with Crippen molar-refractivity contribution >= 4 is 6.29 Å². The first-order valence-corrected chi connectivity index (χ1v) is 3.79. The second-order valence-electron chi connectivity index (χ2n) is 2.56. The van der Waals surface area contributed by atoms with Crippen molar-refractivity contribution in [2.45, 2.75) is 6.23 Å². The fraction of sp³-hybridized carbons (Fsp3) is 0.857. The molecule has 1 atom stereocenters. The van der Waals surface area contributed by atoms with Gasteiger partial charge in [-0.1, -0.05) is 0 Å². The number of carbonyl (C=O) groups excluding carboxylic acids is 1. The molecule has 1 heterocycles. The Morgan fingerprint density at radius 1 is 1.82 bits per heavy atom. The van der Waals surface area contributed by atoms with Crippen LogP contribution in [0.1, 0.15) is 0 Å². The molecule has 1 aliphatic rings. The molecule has 1 unspecified atom stereocenters. The summed E-state index contributed by atoms with van der Waals surface area (Å²) in [4.78, 5) is 12.2. The fourth-order valence-corrected chi connectivity index (χ4v) is 1.26. The van der Waals surface area contributed by atoms with E-state index in [0.717, 1.165) is 25.9 Å². The van der Waals surface area contributed by atoms with E-state index in [1.807, 2.05) is 4.90 Å². The molecule has 4 heteroatoms. The predicted molar refractivity (Wildman–Crippen MR) is 41.3 cm³/mol. The zero-order valence-corrected chi connectivity index (χ0v) is 6.75. The highest BCUT2D eigenvalue weighted by atomic mass is 16.5. The van der Waals surface area contributed by atoms with Gasteiger partial charge in [0.2, 0.25) is 0 Å². The van der Waals surface area contributed by atoms with Crippen LogP contribution in [0.5, 0.6) is 0 Å². The Bertz CT molecular complexity index is 130. The third kappa shape index (κ3) is 2.25. The highest BCUT2D eigenvalue weighted by Crippen LogP contribution is 2.01. The minimum Gasteiger partial charge on any atom is -0.365 e. The molecule has 1 N–H and O–H groups in total. The summed E-state index contributed by atoms with van der Waals surface area (Å²) in [5.41, 5.74) is 0. The summed E-state index contributed by atoms with van der Waals surface area (Å²) >= 11 is 0. The van der Waals surface area contributed by atoms with Crippen LogP contribution in [0.3, 0.4) is 0 Å². The summed E-state index contributed by atoms with van der Waals surface area (Å²) < 4.78 is 5.16. The highest BCUT2D eigenvalue weighted by Gasteiger charge is 2.20. The number of methoxy groups -OCH3 is 1. The van der Waals surface area contributed by atoms with Gasteiger partial charge in [-0.15, -0.1) is 0 Å². The molecule has 1 aliphatic heterocycles. The second-order valence-corrected chi connectivity index (χ2v) is 2.56. The number of hydrogen-bond acceptors (Lipinski definition) is 4. The Morgan fingerprint density at radius 2 is 2.64 bits per heavy atom. The van der Waals surface area contributed by atoms with E-state index in [4.69, 9.17) is 4.74 Å². The molecule has 0 saturated carbocycles. The lowest BCUT2D eigenvalue weighted by Gasteiger charge is -2.33. The quantitative estimate of drug-likeness (QED) is 0.538. The van der Waals surface area contributed by atoms with Gasteiger partial charge in [0, 0.05) is 26.7 Å². The Balaban J connectivity index is 2.37. The normalized spacial score (nSPS) is 26.8. The highest BCUT2D eigenvalue weighted by molar-refractivity contribution is 5.52. The number of carbonyl (C=O) groups is 1. The number of ether oxygens (including phenoxy) is 1. The Labute approximate surface area is 66.5 Å². The van der Waals surface area contributed by atoms with Gasteiger partial charge in [-0.2, -0.15) is 0 Å². The minimum atomic E-state index is 0.0638.